The van der Waals surface area contributed by atoms with Crippen molar-refractivity contribution in [2.24, 2.45) is 5.92 Å². The summed E-state index contributed by atoms with van der Waals surface area (Å²) in [4.78, 5) is 69.9. The predicted molar refractivity (Wildman–Crippen MR) is 161 cm³/mol. The van der Waals surface area contributed by atoms with Gasteiger partial charge >= 0.3 is 23.9 Å². The topological polar surface area (TPSA) is 193 Å². The molecule has 0 aromatic heterocycles. The summed E-state index contributed by atoms with van der Waals surface area (Å²) in [6, 6.07) is 16.9. The van der Waals surface area contributed by atoms with Crippen molar-refractivity contribution in [2.75, 3.05) is 0 Å². The third-order valence-electron chi connectivity index (χ3n) is 6.48. The first kappa shape index (κ1) is 37.5. The number of carbonyl (C=O) groups is 5. The molecule has 0 fully saturated rings. The van der Waals surface area contributed by atoms with Gasteiger partial charge in [-0.15, -0.1) is 0 Å². The van der Waals surface area contributed by atoms with Crippen LogP contribution in [0.4, 0.5) is 13.6 Å². The Kier molecular flexibility index (Phi) is 14.6. The van der Waals surface area contributed by atoms with Crippen LogP contribution in [0.3, 0.4) is 0 Å². The molecule has 0 spiro atoms. The van der Waals surface area contributed by atoms with Crippen molar-refractivity contribution in [3.63, 3.8) is 0 Å². The highest BCUT2D eigenvalue weighted by Crippen LogP contribution is 2.21. The number of hydrazine groups is 1. The zero-order valence-electron chi connectivity index (χ0n) is 25.3. The predicted octanol–water partition coefficient (Wildman–Crippen LogP) is 4.38. The van der Waals surface area contributed by atoms with Crippen molar-refractivity contribution < 1.29 is 52.7 Å². The van der Waals surface area contributed by atoms with Gasteiger partial charge in [0.2, 0.25) is 0 Å². The number of carboxylic acids is 2. The molecule has 3 aromatic rings. The Morgan fingerprint density at radius 2 is 1.43 bits per heavy atom. The number of ether oxygens (including phenoxy) is 1. The van der Waals surface area contributed by atoms with Crippen molar-refractivity contribution in [1.29, 1.82) is 0 Å². The number of rotatable bonds is 14. The maximum atomic E-state index is 13.1. The first-order valence-corrected chi connectivity index (χ1v) is 14.1. The minimum atomic E-state index is -1.80. The van der Waals surface area contributed by atoms with E-state index in [1.54, 1.807) is 74.5 Å². The van der Waals surface area contributed by atoms with E-state index in [1.165, 1.54) is 0 Å². The van der Waals surface area contributed by atoms with Crippen LogP contribution in [0.25, 0.3) is 0 Å². The normalized spacial score (nSPS) is 12.4. The maximum Gasteiger partial charge on any atom is 0.408 e. The van der Waals surface area contributed by atoms with E-state index in [9.17, 15) is 48.0 Å². The first-order chi connectivity index (χ1) is 22.3. The smallest absolute Gasteiger partial charge is 0.408 e. The lowest BCUT2D eigenvalue weighted by Crippen LogP contribution is -2.57. The Labute approximate surface area is 267 Å². The van der Waals surface area contributed by atoms with E-state index in [-0.39, 0.29) is 36.7 Å². The third kappa shape index (κ3) is 11.6. The average molecular weight is 658 g/mol. The summed E-state index contributed by atoms with van der Waals surface area (Å²) in [6.45, 7) is 3.48. The van der Waals surface area contributed by atoms with E-state index in [2.05, 4.69) is 5.32 Å². The second-order valence-corrected chi connectivity index (χ2v) is 10.4. The lowest BCUT2D eigenvalue weighted by molar-refractivity contribution is -0.640. The lowest BCUT2D eigenvalue weighted by Gasteiger charge is -2.25. The summed E-state index contributed by atoms with van der Waals surface area (Å²) in [5.74, 6) is -8.24. The van der Waals surface area contributed by atoms with Gasteiger partial charge in [0.25, 0.3) is 0 Å². The number of alkyl carbamates (subject to hydrolysis) is 1. The largest absolute Gasteiger partial charge is 0.480 e. The van der Waals surface area contributed by atoms with E-state index in [1.807, 2.05) is 0 Å². The summed E-state index contributed by atoms with van der Waals surface area (Å²) in [5, 5.41) is 31.3. The molecule has 0 aliphatic rings. The highest BCUT2D eigenvalue weighted by Gasteiger charge is 2.43. The van der Waals surface area contributed by atoms with Crippen molar-refractivity contribution in [3.05, 3.63) is 117 Å². The monoisotopic (exact) mass is 657 g/mol. The Bertz CT molecular complexity index is 1520. The van der Waals surface area contributed by atoms with Crippen LogP contribution in [0, 0.1) is 27.7 Å². The zero-order chi connectivity index (χ0) is 35.1. The summed E-state index contributed by atoms with van der Waals surface area (Å²) in [6.07, 6.45) is -1.16. The van der Waals surface area contributed by atoms with Crippen LogP contribution >= 0.6 is 0 Å². The molecule has 0 heterocycles. The second-order valence-electron chi connectivity index (χ2n) is 10.4. The van der Waals surface area contributed by atoms with Gasteiger partial charge in [0.1, 0.15) is 36.5 Å². The molecule has 3 N–H and O–H groups in total. The number of benzene rings is 3. The minimum absolute atomic E-state index is 0.0101. The van der Waals surface area contributed by atoms with E-state index in [0.717, 1.165) is 23.8 Å². The number of halogens is 2. The number of carboxylic acid groups (broad SMARTS) is 2. The number of hydrogen-bond donors (Lipinski definition) is 3. The Morgan fingerprint density at radius 3 is 1.87 bits per heavy atom. The molecule has 0 aliphatic carbocycles. The molecule has 3 aromatic carbocycles. The van der Waals surface area contributed by atoms with Crippen LogP contribution in [-0.2, 0) is 36.9 Å². The second kappa shape index (κ2) is 18.3. The highest BCUT2D eigenvalue weighted by atomic mass is 19.1. The van der Waals surface area contributed by atoms with Gasteiger partial charge in [-0.2, -0.15) is 0 Å². The summed E-state index contributed by atoms with van der Waals surface area (Å²) < 4.78 is 31.1. The molecule has 0 aliphatic heterocycles. The molecular formula is C32H33F2N3O10. The number of nitrogens with zero attached hydrogens (tertiary/aromatic N) is 2. The summed E-state index contributed by atoms with van der Waals surface area (Å²) >= 11 is 0. The lowest BCUT2D eigenvalue weighted by atomic mass is 10.00. The molecule has 3 rings (SSSR count). The fourth-order valence-corrected chi connectivity index (χ4v) is 4.28. The van der Waals surface area contributed by atoms with Crippen LogP contribution < -0.4 is 5.32 Å². The van der Waals surface area contributed by atoms with Crippen molar-refractivity contribution in [3.8, 4) is 0 Å². The molecule has 13 nitrogen and oxygen atoms in total. The van der Waals surface area contributed by atoms with E-state index < -0.39 is 64.2 Å². The molecule has 47 heavy (non-hydrogen) atoms. The molecule has 15 heteroatoms. The first-order valence-electron chi connectivity index (χ1n) is 14.1. The van der Waals surface area contributed by atoms with Crippen molar-refractivity contribution in [1.82, 2.24) is 10.3 Å². The zero-order valence-corrected chi connectivity index (χ0v) is 25.3. The Morgan fingerprint density at radius 1 is 0.894 bits per heavy atom. The Hall–Kier alpha value is -5.73. The fraction of sp³-hybridized carbons (Fsp3) is 0.281. The highest BCUT2D eigenvalue weighted by molar-refractivity contribution is 5.93. The van der Waals surface area contributed by atoms with Gasteiger partial charge in [-0.05, 0) is 40.6 Å². The number of amides is 2. The number of aliphatic carboxylic acids is 2. The van der Waals surface area contributed by atoms with Crippen LogP contribution in [0.1, 0.15) is 42.9 Å². The third-order valence-corrected chi connectivity index (χ3v) is 6.48. The molecule has 1 unspecified atom stereocenters. The fourth-order valence-electron chi connectivity index (χ4n) is 4.28. The van der Waals surface area contributed by atoms with E-state index >= 15 is 0 Å². The number of nitro groups is 1. The molecule has 2 amide bonds. The standard InChI is InChI=1S/C23H27N3O7.C9H6F2O3/c1-16(2)13-19(24-23(30)33-15-18-11-7-4-8-12-18)21(27)25(26(31)32)20(22(28)29)14-17-9-5-3-6-10-17;10-6-2-1-3-7(11)8(6)5(4-12)9(13)14/h3-12,16,19-20H,13-15H2,1-2H3,(H,24,30)(H,28,29);1-5H,(H,13,14)/t19-,20-;/m0./s1. The Balaban J connectivity index is 0.000000456. The number of hydrogen-bond acceptors (Lipinski definition) is 8. The van der Waals surface area contributed by atoms with Crippen molar-refractivity contribution in [2.45, 2.75) is 51.3 Å². The van der Waals surface area contributed by atoms with Crippen LogP contribution in [-0.4, -0.2) is 62.6 Å². The van der Waals surface area contributed by atoms with Gasteiger partial charge in [0.05, 0.1) is 0 Å². The quantitative estimate of drug-likeness (QED) is 0.0970. The van der Waals surface area contributed by atoms with Gasteiger partial charge < -0.3 is 25.1 Å². The SMILES string of the molecule is CC(C)C[C@H](NC(=O)OCc1ccccc1)C(=O)N([C@@H](Cc1ccccc1)C(=O)O)[N+](=O)[O-].O=CC(C(=O)O)c1c(F)cccc1F. The number of carbonyl (C=O) groups excluding carboxylic acids is 3. The number of aldehydes is 1. The van der Waals surface area contributed by atoms with Gasteiger partial charge in [0, 0.05) is 12.0 Å². The molecule has 0 radical (unpaired) electrons. The molecular weight excluding hydrogens is 624 g/mol. The average Bonchev–Trinajstić information content (AvgIpc) is 3.02. The van der Waals surface area contributed by atoms with Crippen LogP contribution in [0.2, 0.25) is 0 Å². The van der Waals surface area contributed by atoms with Gasteiger partial charge in [-0.1, -0.05) is 80.6 Å². The molecule has 3 atom stereocenters. The molecule has 0 saturated carbocycles. The minimum Gasteiger partial charge on any atom is -0.480 e. The van der Waals surface area contributed by atoms with Gasteiger partial charge in [0.15, 0.2) is 11.1 Å². The number of nitrogens with one attached hydrogen (secondary N) is 1. The van der Waals surface area contributed by atoms with Crippen LogP contribution in [0.5, 0.6) is 0 Å². The maximum absolute atomic E-state index is 13.1. The van der Waals surface area contributed by atoms with Gasteiger partial charge in [-0.3, -0.25) is 9.59 Å². The summed E-state index contributed by atoms with van der Waals surface area (Å²) in [5.41, 5.74) is 0.510. The van der Waals surface area contributed by atoms with Crippen LogP contribution in [0.15, 0.2) is 78.9 Å². The van der Waals surface area contributed by atoms with E-state index in [4.69, 9.17) is 9.84 Å². The summed E-state index contributed by atoms with van der Waals surface area (Å²) in [7, 11) is 0. The molecule has 0 saturated heterocycles. The molecule has 250 valence electrons. The van der Waals surface area contributed by atoms with Crippen molar-refractivity contribution >= 4 is 30.2 Å². The van der Waals surface area contributed by atoms with Gasteiger partial charge in [-0.25, -0.2) is 28.5 Å². The van der Waals surface area contributed by atoms with E-state index in [0.29, 0.717) is 5.56 Å². The molecule has 0 bridgehead atoms.